The van der Waals surface area contributed by atoms with Crippen molar-refractivity contribution in [2.45, 2.75) is 73.0 Å². The van der Waals surface area contributed by atoms with Gasteiger partial charge in [0.15, 0.2) is 4.34 Å². The second-order valence-corrected chi connectivity index (χ2v) is 8.32. The molecule has 0 amide bonds. The van der Waals surface area contributed by atoms with Gasteiger partial charge in [0.1, 0.15) is 5.82 Å². The zero-order valence-corrected chi connectivity index (χ0v) is 13.6. The minimum Gasteiger partial charge on any atom is -0.394 e. The Labute approximate surface area is 128 Å². The Morgan fingerprint density at radius 3 is 2.95 bits per heavy atom. The first-order valence-corrected chi connectivity index (χ1v) is 9.26. The van der Waals surface area contributed by atoms with E-state index in [9.17, 15) is 5.11 Å². The Kier molecular flexibility index (Phi) is 4.65. The monoisotopic (exact) mass is 313 g/mol. The molecule has 2 atom stereocenters. The molecule has 0 saturated heterocycles. The van der Waals surface area contributed by atoms with E-state index in [-0.39, 0.29) is 12.1 Å². The third-order valence-electron chi connectivity index (χ3n) is 4.22. The summed E-state index contributed by atoms with van der Waals surface area (Å²) in [4.78, 5) is 4.56. The summed E-state index contributed by atoms with van der Waals surface area (Å²) in [6.45, 7) is 2.35. The maximum atomic E-state index is 9.85. The molecule has 2 fully saturated rings. The molecule has 2 saturated carbocycles. The third kappa shape index (κ3) is 3.53. The van der Waals surface area contributed by atoms with Gasteiger partial charge in [0.25, 0.3) is 0 Å². The van der Waals surface area contributed by atoms with Gasteiger partial charge in [-0.1, -0.05) is 25.1 Å². The summed E-state index contributed by atoms with van der Waals surface area (Å²) in [5, 5.41) is 14.1. The van der Waals surface area contributed by atoms with E-state index >= 15 is 0 Å². The lowest BCUT2D eigenvalue weighted by Gasteiger charge is -2.40. The molecule has 0 spiro atoms. The molecule has 112 valence electrons. The summed E-state index contributed by atoms with van der Waals surface area (Å²) >= 11 is 3.38. The molecule has 6 heteroatoms. The zero-order chi connectivity index (χ0) is 14.0. The van der Waals surface area contributed by atoms with Crippen LogP contribution < -0.4 is 5.32 Å². The lowest BCUT2D eigenvalue weighted by Crippen LogP contribution is -2.53. The van der Waals surface area contributed by atoms with Crippen LogP contribution in [0.2, 0.25) is 0 Å². The lowest BCUT2D eigenvalue weighted by molar-refractivity contribution is 0.122. The number of aliphatic hydroxyl groups is 1. The van der Waals surface area contributed by atoms with Gasteiger partial charge in [-0.05, 0) is 43.6 Å². The normalized spacial score (nSPS) is 30.6. The molecule has 2 aliphatic carbocycles. The summed E-state index contributed by atoms with van der Waals surface area (Å²) in [6, 6.07) is 0.652. The van der Waals surface area contributed by atoms with Gasteiger partial charge < -0.3 is 10.4 Å². The first-order valence-electron chi connectivity index (χ1n) is 7.61. The summed E-state index contributed by atoms with van der Waals surface area (Å²) < 4.78 is 5.45. The van der Waals surface area contributed by atoms with E-state index in [4.69, 9.17) is 0 Å². The molecule has 1 heterocycles. The highest BCUT2D eigenvalue weighted by Gasteiger charge is 2.40. The van der Waals surface area contributed by atoms with Gasteiger partial charge in [0.2, 0.25) is 0 Å². The number of nitrogens with one attached hydrogen (secondary N) is 1. The largest absolute Gasteiger partial charge is 0.394 e. The Morgan fingerprint density at radius 1 is 1.45 bits per heavy atom. The SMILES string of the molecule is CCc1nsc(SC2CCCC(CO)(NC3CC3)C2)n1. The van der Waals surface area contributed by atoms with Crippen LogP contribution in [0.1, 0.15) is 51.3 Å². The summed E-state index contributed by atoms with van der Waals surface area (Å²) in [5.41, 5.74) is -0.0463. The average Bonchev–Trinajstić information content (AvgIpc) is 3.15. The smallest absolute Gasteiger partial charge is 0.170 e. The van der Waals surface area contributed by atoms with Gasteiger partial charge in [0, 0.05) is 23.3 Å². The molecular formula is C14H23N3OS2. The number of aryl methyl sites for hydroxylation is 1. The van der Waals surface area contributed by atoms with Crippen molar-refractivity contribution in [1.82, 2.24) is 14.7 Å². The molecule has 0 radical (unpaired) electrons. The number of nitrogens with zero attached hydrogens (tertiary/aromatic N) is 2. The number of rotatable bonds is 6. The van der Waals surface area contributed by atoms with E-state index in [2.05, 4.69) is 21.6 Å². The van der Waals surface area contributed by atoms with Crippen molar-refractivity contribution in [3.63, 3.8) is 0 Å². The number of hydrogen-bond donors (Lipinski definition) is 2. The fraction of sp³-hybridized carbons (Fsp3) is 0.857. The molecule has 2 unspecified atom stereocenters. The number of aliphatic hydroxyl groups excluding tert-OH is 1. The molecule has 1 aromatic heterocycles. The van der Waals surface area contributed by atoms with Crippen molar-refractivity contribution in [1.29, 1.82) is 0 Å². The molecule has 0 aromatic carbocycles. The van der Waals surface area contributed by atoms with Crippen LogP contribution in [0.4, 0.5) is 0 Å². The van der Waals surface area contributed by atoms with Gasteiger partial charge in [-0.2, -0.15) is 4.37 Å². The van der Waals surface area contributed by atoms with Crippen LogP contribution in [-0.2, 0) is 6.42 Å². The summed E-state index contributed by atoms with van der Waals surface area (Å²) in [6.07, 6.45) is 8.02. The van der Waals surface area contributed by atoms with Gasteiger partial charge in [-0.15, -0.1) is 0 Å². The Bertz CT molecular complexity index is 449. The quantitative estimate of drug-likeness (QED) is 0.845. The minimum absolute atomic E-state index is 0.0463. The van der Waals surface area contributed by atoms with Crippen LogP contribution in [-0.4, -0.2) is 37.9 Å². The lowest BCUT2D eigenvalue weighted by atomic mass is 9.82. The van der Waals surface area contributed by atoms with Crippen LogP contribution in [0.5, 0.6) is 0 Å². The Morgan fingerprint density at radius 2 is 2.30 bits per heavy atom. The predicted molar refractivity (Wildman–Crippen MR) is 83.4 cm³/mol. The van der Waals surface area contributed by atoms with Crippen LogP contribution >= 0.6 is 23.3 Å². The van der Waals surface area contributed by atoms with E-state index in [1.54, 1.807) is 0 Å². The van der Waals surface area contributed by atoms with Crippen molar-refractivity contribution in [2.75, 3.05) is 6.61 Å². The number of thioether (sulfide) groups is 1. The van der Waals surface area contributed by atoms with E-state index < -0.39 is 0 Å². The van der Waals surface area contributed by atoms with Crippen LogP contribution in [0.25, 0.3) is 0 Å². The highest BCUT2D eigenvalue weighted by Crippen LogP contribution is 2.40. The molecule has 2 N–H and O–H groups in total. The topological polar surface area (TPSA) is 58.0 Å². The standard InChI is InChI=1S/C14H23N3OS2/c1-2-12-15-13(20-17-12)19-11-4-3-7-14(8-11,9-18)16-10-5-6-10/h10-11,16,18H,2-9H2,1H3. The maximum absolute atomic E-state index is 9.85. The average molecular weight is 313 g/mol. The van der Waals surface area contributed by atoms with Crippen LogP contribution in [0, 0.1) is 0 Å². The highest BCUT2D eigenvalue weighted by molar-refractivity contribution is 8.01. The number of hydrogen-bond acceptors (Lipinski definition) is 6. The third-order valence-corrected chi connectivity index (χ3v) is 6.31. The molecule has 1 aromatic rings. The molecule has 2 aliphatic rings. The van der Waals surface area contributed by atoms with E-state index in [0.717, 1.165) is 29.4 Å². The highest BCUT2D eigenvalue weighted by atomic mass is 32.2. The molecule has 0 bridgehead atoms. The fourth-order valence-electron chi connectivity index (χ4n) is 2.96. The van der Waals surface area contributed by atoms with Crippen LogP contribution in [0.15, 0.2) is 4.34 Å². The molecule has 20 heavy (non-hydrogen) atoms. The van der Waals surface area contributed by atoms with Gasteiger partial charge in [-0.3, -0.25) is 0 Å². The maximum Gasteiger partial charge on any atom is 0.170 e. The van der Waals surface area contributed by atoms with Gasteiger partial charge in [0.05, 0.1) is 6.61 Å². The number of aromatic nitrogens is 2. The molecule has 3 rings (SSSR count). The van der Waals surface area contributed by atoms with Crippen molar-refractivity contribution in [3.05, 3.63) is 5.82 Å². The van der Waals surface area contributed by atoms with E-state index in [1.807, 2.05) is 11.8 Å². The molecule has 0 aliphatic heterocycles. The van der Waals surface area contributed by atoms with Gasteiger partial charge >= 0.3 is 0 Å². The zero-order valence-electron chi connectivity index (χ0n) is 12.0. The fourth-order valence-corrected chi connectivity index (χ4v) is 5.28. The second-order valence-electron chi connectivity index (χ2n) is 6.02. The van der Waals surface area contributed by atoms with Gasteiger partial charge in [-0.25, -0.2) is 4.98 Å². The summed E-state index contributed by atoms with van der Waals surface area (Å²) in [7, 11) is 0. The predicted octanol–water partition coefficient (Wildman–Crippen LogP) is 2.62. The molecule has 4 nitrogen and oxygen atoms in total. The van der Waals surface area contributed by atoms with Crippen molar-refractivity contribution in [2.24, 2.45) is 0 Å². The Balaban J connectivity index is 1.61. The van der Waals surface area contributed by atoms with E-state index in [1.165, 1.54) is 37.2 Å². The summed E-state index contributed by atoms with van der Waals surface area (Å²) in [5.74, 6) is 0.956. The molecular weight excluding hydrogens is 290 g/mol. The first kappa shape index (κ1) is 14.8. The van der Waals surface area contributed by atoms with Crippen molar-refractivity contribution in [3.8, 4) is 0 Å². The Hall–Kier alpha value is -0.170. The second kappa shape index (κ2) is 6.30. The minimum atomic E-state index is -0.0463. The first-order chi connectivity index (χ1) is 9.73. The van der Waals surface area contributed by atoms with Crippen molar-refractivity contribution < 1.29 is 5.11 Å². The van der Waals surface area contributed by atoms with E-state index in [0.29, 0.717) is 11.3 Å². The van der Waals surface area contributed by atoms with Crippen LogP contribution in [0.3, 0.4) is 0 Å². The van der Waals surface area contributed by atoms with Crippen molar-refractivity contribution >= 4 is 23.3 Å².